The molecule has 92 valence electrons. The summed E-state index contributed by atoms with van der Waals surface area (Å²) in [5.41, 5.74) is 0.557. The molecule has 0 saturated heterocycles. The monoisotopic (exact) mass is 273 g/mol. The van der Waals surface area contributed by atoms with Gasteiger partial charge in [-0.05, 0) is 18.2 Å². The van der Waals surface area contributed by atoms with Crippen LogP contribution in [0.15, 0.2) is 23.1 Å². The van der Waals surface area contributed by atoms with Crippen molar-refractivity contribution in [2.45, 2.75) is 4.90 Å². The van der Waals surface area contributed by atoms with Crippen LogP contribution in [-0.4, -0.2) is 38.5 Å². The second-order valence-electron chi connectivity index (χ2n) is 3.39. The Morgan fingerprint density at radius 1 is 1.41 bits per heavy atom. The van der Waals surface area contributed by atoms with Crippen LogP contribution in [0, 0.1) is 11.8 Å². The molecule has 1 aromatic carbocycles. The molecule has 0 aromatic heterocycles. The smallest absolute Gasteiger partial charge is 0.244 e. The molecule has 0 atom stereocenters. The van der Waals surface area contributed by atoms with Crippen LogP contribution < -0.4 is 0 Å². The standard InChI is InChI=1S/C11H12ClNO3S/c1-13(2)17(15,16)11-6-5-9(4-3-7-14)8-10(11)12/h5-6,8,14H,7H2,1-2H3. The normalized spacial score (nSPS) is 11.1. The van der Waals surface area contributed by atoms with E-state index in [1.54, 1.807) is 6.07 Å². The minimum Gasteiger partial charge on any atom is -0.384 e. The van der Waals surface area contributed by atoms with E-state index in [1.807, 2.05) is 0 Å². The van der Waals surface area contributed by atoms with Crippen LogP contribution in [0.1, 0.15) is 5.56 Å². The van der Waals surface area contributed by atoms with Gasteiger partial charge in [0, 0.05) is 19.7 Å². The zero-order valence-corrected chi connectivity index (χ0v) is 11.0. The molecule has 1 aromatic rings. The molecule has 0 aliphatic heterocycles. The maximum atomic E-state index is 11.8. The van der Waals surface area contributed by atoms with E-state index in [9.17, 15) is 8.42 Å². The molecule has 0 radical (unpaired) electrons. The summed E-state index contributed by atoms with van der Waals surface area (Å²) >= 11 is 5.90. The average Bonchev–Trinajstić information content (AvgIpc) is 2.25. The summed E-state index contributed by atoms with van der Waals surface area (Å²) in [6, 6.07) is 4.41. The van der Waals surface area contributed by atoms with E-state index in [-0.39, 0.29) is 16.5 Å². The van der Waals surface area contributed by atoms with Gasteiger partial charge in [-0.1, -0.05) is 23.4 Å². The van der Waals surface area contributed by atoms with Gasteiger partial charge in [0.15, 0.2) is 0 Å². The van der Waals surface area contributed by atoms with Gasteiger partial charge in [0.1, 0.15) is 11.5 Å². The van der Waals surface area contributed by atoms with Gasteiger partial charge in [-0.3, -0.25) is 0 Å². The molecule has 0 spiro atoms. The molecule has 17 heavy (non-hydrogen) atoms. The highest BCUT2D eigenvalue weighted by molar-refractivity contribution is 7.89. The predicted molar refractivity (Wildman–Crippen MR) is 66.3 cm³/mol. The maximum Gasteiger partial charge on any atom is 0.244 e. The second-order valence-corrected chi connectivity index (χ2v) is 5.92. The van der Waals surface area contributed by atoms with Gasteiger partial charge in [0.2, 0.25) is 10.0 Å². The first-order valence-electron chi connectivity index (χ1n) is 4.71. The van der Waals surface area contributed by atoms with Crippen molar-refractivity contribution >= 4 is 21.6 Å². The highest BCUT2D eigenvalue weighted by Crippen LogP contribution is 2.24. The van der Waals surface area contributed by atoms with Gasteiger partial charge in [0.05, 0.1) is 5.02 Å². The Kier molecular flexibility index (Phi) is 4.54. The fourth-order valence-corrected chi connectivity index (χ4v) is 2.54. The van der Waals surface area contributed by atoms with Crippen molar-refractivity contribution in [3.05, 3.63) is 28.8 Å². The van der Waals surface area contributed by atoms with Crippen LogP contribution >= 0.6 is 11.6 Å². The molecule has 0 aliphatic carbocycles. The first-order chi connectivity index (χ1) is 7.89. The van der Waals surface area contributed by atoms with Crippen molar-refractivity contribution < 1.29 is 13.5 Å². The number of hydrogen-bond donors (Lipinski definition) is 1. The van der Waals surface area contributed by atoms with Crippen molar-refractivity contribution in [3.63, 3.8) is 0 Å². The lowest BCUT2D eigenvalue weighted by Crippen LogP contribution is -2.22. The summed E-state index contributed by atoms with van der Waals surface area (Å²) in [6.07, 6.45) is 0. The zero-order chi connectivity index (χ0) is 13.1. The molecule has 0 heterocycles. The minimum atomic E-state index is -3.54. The van der Waals surface area contributed by atoms with Crippen LogP contribution in [0.3, 0.4) is 0 Å². The Bertz CT molecular complexity index is 570. The Hall–Kier alpha value is -1.06. The van der Waals surface area contributed by atoms with Crippen molar-refractivity contribution in [2.24, 2.45) is 0 Å². The molecule has 0 saturated carbocycles. The topological polar surface area (TPSA) is 57.6 Å². The van der Waals surface area contributed by atoms with Crippen LogP contribution in [0.5, 0.6) is 0 Å². The lowest BCUT2D eigenvalue weighted by atomic mass is 10.2. The summed E-state index contributed by atoms with van der Waals surface area (Å²) in [5.74, 6) is 5.11. The molecular formula is C11H12ClNO3S. The number of aliphatic hydroxyl groups is 1. The third-order valence-electron chi connectivity index (χ3n) is 2.00. The lowest BCUT2D eigenvalue weighted by molar-refractivity contribution is 0.350. The predicted octanol–water partition coefficient (Wildman–Crippen LogP) is 0.934. The zero-order valence-electron chi connectivity index (χ0n) is 9.44. The highest BCUT2D eigenvalue weighted by Gasteiger charge is 2.20. The Morgan fingerprint density at radius 3 is 2.53 bits per heavy atom. The number of aliphatic hydroxyl groups excluding tert-OH is 1. The molecule has 1 N–H and O–H groups in total. The molecule has 0 fully saturated rings. The van der Waals surface area contributed by atoms with Crippen molar-refractivity contribution in [2.75, 3.05) is 20.7 Å². The maximum absolute atomic E-state index is 11.8. The van der Waals surface area contributed by atoms with E-state index in [0.29, 0.717) is 5.56 Å². The number of halogens is 1. The average molecular weight is 274 g/mol. The number of rotatable bonds is 2. The summed E-state index contributed by atoms with van der Waals surface area (Å²) in [7, 11) is -0.670. The quantitative estimate of drug-likeness (QED) is 0.816. The first-order valence-corrected chi connectivity index (χ1v) is 6.53. The Balaban J connectivity index is 3.24. The lowest BCUT2D eigenvalue weighted by Gasteiger charge is -2.12. The molecule has 0 bridgehead atoms. The largest absolute Gasteiger partial charge is 0.384 e. The van der Waals surface area contributed by atoms with Gasteiger partial charge in [-0.25, -0.2) is 12.7 Å². The molecule has 6 heteroatoms. The molecule has 1 rings (SSSR count). The van der Waals surface area contributed by atoms with Gasteiger partial charge < -0.3 is 5.11 Å². The van der Waals surface area contributed by atoms with Crippen molar-refractivity contribution in [1.29, 1.82) is 0 Å². The summed E-state index contributed by atoms with van der Waals surface area (Å²) in [5, 5.41) is 8.66. The van der Waals surface area contributed by atoms with E-state index < -0.39 is 10.0 Å². The number of sulfonamides is 1. The molecule has 0 unspecified atom stereocenters. The first kappa shape index (κ1) is 14.0. The summed E-state index contributed by atoms with van der Waals surface area (Å²) < 4.78 is 24.8. The fraction of sp³-hybridized carbons (Fsp3) is 0.273. The van der Waals surface area contributed by atoms with Crippen LogP contribution in [0.4, 0.5) is 0 Å². The highest BCUT2D eigenvalue weighted by atomic mass is 35.5. The van der Waals surface area contributed by atoms with E-state index in [4.69, 9.17) is 16.7 Å². The SMILES string of the molecule is CN(C)S(=O)(=O)c1ccc(C#CCO)cc1Cl. The van der Waals surface area contributed by atoms with E-state index in [2.05, 4.69) is 11.8 Å². The third kappa shape index (κ3) is 3.20. The van der Waals surface area contributed by atoms with Gasteiger partial charge in [-0.15, -0.1) is 0 Å². The second kappa shape index (κ2) is 5.52. The molecule has 0 amide bonds. The fourth-order valence-electron chi connectivity index (χ4n) is 1.13. The minimum absolute atomic E-state index is 0.0405. The Morgan fingerprint density at radius 2 is 2.06 bits per heavy atom. The molecule has 4 nitrogen and oxygen atoms in total. The molecule has 0 aliphatic rings. The van der Waals surface area contributed by atoms with Crippen molar-refractivity contribution in [1.82, 2.24) is 4.31 Å². The molecular weight excluding hydrogens is 262 g/mol. The van der Waals surface area contributed by atoms with E-state index in [0.717, 1.165) is 4.31 Å². The number of benzene rings is 1. The van der Waals surface area contributed by atoms with Crippen LogP contribution in [0.25, 0.3) is 0 Å². The van der Waals surface area contributed by atoms with Crippen molar-refractivity contribution in [3.8, 4) is 11.8 Å². The summed E-state index contributed by atoms with van der Waals surface area (Å²) in [4.78, 5) is 0.0405. The number of nitrogens with zero attached hydrogens (tertiary/aromatic N) is 1. The van der Waals surface area contributed by atoms with E-state index in [1.165, 1.54) is 26.2 Å². The number of hydrogen-bond acceptors (Lipinski definition) is 3. The summed E-state index contributed by atoms with van der Waals surface area (Å²) in [6.45, 7) is -0.255. The van der Waals surface area contributed by atoms with E-state index >= 15 is 0 Å². The van der Waals surface area contributed by atoms with Gasteiger partial charge in [0.25, 0.3) is 0 Å². The third-order valence-corrected chi connectivity index (χ3v) is 4.30. The Labute approximate surface area is 106 Å². The van der Waals surface area contributed by atoms with Crippen LogP contribution in [0.2, 0.25) is 5.02 Å². The van der Waals surface area contributed by atoms with Gasteiger partial charge in [-0.2, -0.15) is 0 Å². The van der Waals surface area contributed by atoms with Gasteiger partial charge >= 0.3 is 0 Å². The van der Waals surface area contributed by atoms with Crippen LogP contribution in [-0.2, 0) is 10.0 Å².